The zero-order valence-electron chi connectivity index (χ0n) is 18.3. The van der Waals surface area contributed by atoms with E-state index in [-0.39, 0.29) is 10.8 Å². The molecular formula is C24H28ClN3O4S. The van der Waals surface area contributed by atoms with Gasteiger partial charge in [0.25, 0.3) is 10.0 Å². The summed E-state index contributed by atoms with van der Waals surface area (Å²) in [5, 5.41) is 0.326. The van der Waals surface area contributed by atoms with Gasteiger partial charge in [-0.2, -0.15) is 0 Å². The van der Waals surface area contributed by atoms with Crippen LogP contribution in [0.1, 0.15) is 18.4 Å². The maximum absolute atomic E-state index is 12.6. The highest BCUT2D eigenvalue weighted by atomic mass is 35.5. The van der Waals surface area contributed by atoms with Crippen LogP contribution in [-0.2, 0) is 19.6 Å². The van der Waals surface area contributed by atoms with Crippen LogP contribution in [-0.4, -0.2) is 69.6 Å². The SMILES string of the molecule is O=C(/C=C/c1ccc(S(=O)(=O)Nc2ccccc2Cl)cc1)N1CCN(CC2CCCO2)CC1. The van der Waals surface area contributed by atoms with Crippen molar-refractivity contribution in [3.8, 4) is 0 Å². The fourth-order valence-corrected chi connectivity index (χ4v) is 5.32. The number of carbonyl (C=O) groups excluding carboxylic acids is 1. The Morgan fingerprint density at radius 1 is 1.09 bits per heavy atom. The molecule has 2 heterocycles. The number of rotatable bonds is 7. The molecule has 1 N–H and O–H groups in total. The fourth-order valence-electron chi connectivity index (χ4n) is 4.01. The Bertz CT molecular complexity index is 1090. The second-order valence-electron chi connectivity index (χ2n) is 8.25. The number of ether oxygens (including phenoxy) is 1. The molecule has 0 spiro atoms. The van der Waals surface area contributed by atoms with Gasteiger partial charge in [0.1, 0.15) is 0 Å². The number of carbonyl (C=O) groups is 1. The first-order valence-electron chi connectivity index (χ1n) is 11.1. The zero-order valence-corrected chi connectivity index (χ0v) is 19.9. The van der Waals surface area contributed by atoms with Crippen molar-refractivity contribution in [2.45, 2.75) is 23.8 Å². The lowest BCUT2D eigenvalue weighted by atomic mass is 10.2. The van der Waals surface area contributed by atoms with Crippen LogP contribution in [0.15, 0.2) is 59.5 Å². The van der Waals surface area contributed by atoms with Gasteiger partial charge in [0, 0.05) is 45.4 Å². The van der Waals surface area contributed by atoms with Gasteiger partial charge in [-0.25, -0.2) is 8.42 Å². The van der Waals surface area contributed by atoms with Crippen LogP contribution >= 0.6 is 11.6 Å². The second-order valence-corrected chi connectivity index (χ2v) is 10.3. The summed E-state index contributed by atoms with van der Waals surface area (Å²) in [7, 11) is -3.76. The van der Waals surface area contributed by atoms with Crippen molar-refractivity contribution >= 4 is 39.3 Å². The van der Waals surface area contributed by atoms with Crippen LogP contribution < -0.4 is 4.72 Å². The van der Waals surface area contributed by atoms with Crippen LogP contribution in [0, 0.1) is 0 Å². The van der Waals surface area contributed by atoms with E-state index >= 15 is 0 Å². The summed E-state index contributed by atoms with van der Waals surface area (Å²) in [6.07, 6.45) is 5.84. The number of halogens is 1. The van der Waals surface area contributed by atoms with Gasteiger partial charge < -0.3 is 9.64 Å². The van der Waals surface area contributed by atoms with Gasteiger partial charge in [-0.15, -0.1) is 0 Å². The molecule has 2 aromatic carbocycles. The molecule has 2 saturated heterocycles. The molecule has 2 aliphatic heterocycles. The lowest BCUT2D eigenvalue weighted by Gasteiger charge is -2.35. The first-order chi connectivity index (χ1) is 15.9. The normalized spacial score (nSPS) is 19.8. The summed E-state index contributed by atoms with van der Waals surface area (Å²) in [5.74, 6) is -0.0381. The minimum Gasteiger partial charge on any atom is -0.377 e. The van der Waals surface area contributed by atoms with Crippen LogP contribution in [0.4, 0.5) is 5.69 Å². The highest BCUT2D eigenvalue weighted by molar-refractivity contribution is 7.92. The van der Waals surface area contributed by atoms with Crippen molar-refractivity contribution < 1.29 is 17.9 Å². The van der Waals surface area contributed by atoms with Crippen LogP contribution in [0.25, 0.3) is 6.08 Å². The van der Waals surface area contributed by atoms with E-state index in [1.54, 1.807) is 48.6 Å². The Morgan fingerprint density at radius 2 is 1.82 bits per heavy atom. The minimum absolute atomic E-state index is 0.0381. The molecule has 2 fully saturated rings. The molecule has 1 atom stereocenters. The molecular weight excluding hydrogens is 462 g/mol. The molecule has 2 aromatic rings. The van der Waals surface area contributed by atoms with Gasteiger partial charge in [-0.1, -0.05) is 35.9 Å². The predicted octanol–water partition coefficient (Wildman–Crippen LogP) is 3.48. The Kier molecular flexibility index (Phi) is 7.70. The van der Waals surface area contributed by atoms with E-state index in [0.717, 1.165) is 44.6 Å². The van der Waals surface area contributed by atoms with E-state index in [4.69, 9.17) is 16.3 Å². The minimum atomic E-state index is -3.76. The Hall–Kier alpha value is -2.39. The fraction of sp³-hybridized carbons (Fsp3) is 0.375. The highest BCUT2D eigenvalue weighted by Gasteiger charge is 2.24. The van der Waals surface area contributed by atoms with Gasteiger partial charge in [0.15, 0.2) is 0 Å². The third-order valence-corrected chi connectivity index (χ3v) is 7.61. The zero-order chi connectivity index (χ0) is 23.3. The number of hydrogen-bond acceptors (Lipinski definition) is 5. The van der Waals surface area contributed by atoms with Crippen molar-refractivity contribution in [2.75, 3.05) is 44.1 Å². The molecule has 0 saturated carbocycles. The molecule has 0 radical (unpaired) electrons. The first-order valence-corrected chi connectivity index (χ1v) is 13.0. The molecule has 1 unspecified atom stereocenters. The molecule has 33 heavy (non-hydrogen) atoms. The molecule has 176 valence electrons. The van der Waals surface area contributed by atoms with Crippen molar-refractivity contribution in [1.82, 2.24) is 9.80 Å². The van der Waals surface area contributed by atoms with E-state index in [0.29, 0.717) is 29.9 Å². The number of nitrogens with one attached hydrogen (secondary N) is 1. The van der Waals surface area contributed by atoms with E-state index in [2.05, 4.69) is 9.62 Å². The summed E-state index contributed by atoms with van der Waals surface area (Å²) < 4.78 is 33.4. The average Bonchev–Trinajstić information content (AvgIpc) is 3.33. The topological polar surface area (TPSA) is 79.0 Å². The Morgan fingerprint density at radius 3 is 2.48 bits per heavy atom. The maximum Gasteiger partial charge on any atom is 0.261 e. The summed E-state index contributed by atoms with van der Waals surface area (Å²) in [4.78, 5) is 16.9. The molecule has 0 aromatic heterocycles. The molecule has 0 bridgehead atoms. The van der Waals surface area contributed by atoms with Crippen molar-refractivity contribution in [3.05, 3.63) is 65.2 Å². The summed E-state index contributed by atoms with van der Waals surface area (Å²) in [6, 6.07) is 13.0. The summed E-state index contributed by atoms with van der Waals surface area (Å²) >= 11 is 6.04. The van der Waals surface area contributed by atoms with Gasteiger partial charge in [0.2, 0.25) is 5.91 Å². The number of nitrogens with zero attached hydrogens (tertiary/aromatic N) is 2. The van der Waals surface area contributed by atoms with Crippen LogP contribution in [0.2, 0.25) is 5.02 Å². The Labute approximate surface area is 200 Å². The van der Waals surface area contributed by atoms with Gasteiger partial charge in [0.05, 0.1) is 21.7 Å². The van der Waals surface area contributed by atoms with Gasteiger partial charge in [-0.3, -0.25) is 14.4 Å². The van der Waals surface area contributed by atoms with Gasteiger partial charge >= 0.3 is 0 Å². The van der Waals surface area contributed by atoms with Crippen molar-refractivity contribution in [1.29, 1.82) is 0 Å². The molecule has 2 aliphatic rings. The van der Waals surface area contributed by atoms with Crippen LogP contribution in [0.5, 0.6) is 0 Å². The second kappa shape index (κ2) is 10.7. The maximum atomic E-state index is 12.6. The highest BCUT2D eigenvalue weighted by Crippen LogP contribution is 2.24. The summed E-state index contributed by atoms with van der Waals surface area (Å²) in [6.45, 7) is 4.90. The molecule has 9 heteroatoms. The molecule has 1 amide bonds. The number of hydrogen-bond donors (Lipinski definition) is 1. The monoisotopic (exact) mass is 489 g/mol. The average molecular weight is 490 g/mol. The number of sulfonamides is 1. The van der Waals surface area contributed by atoms with Crippen LogP contribution in [0.3, 0.4) is 0 Å². The number of amides is 1. The smallest absolute Gasteiger partial charge is 0.261 e. The molecule has 7 nitrogen and oxygen atoms in total. The molecule has 4 rings (SSSR count). The number of benzene rings is 2. The van der Waals surface area contributed by atoms with E-state index in [9.17, 15) is 13.2 Å². The van der Waals surface area contributed by atoms with Crippen molar-refractivity contribution in [3.63, 3.8) is 0 Å². The standard InChI is InChI=1S/C24H28ClN3O4S/c25-22-5-1-2-6-23(22)26-33(30,31)21-10-7-19(8-11-21)9-12-24(29)28-15-13-27(14-16-28)18-20-4-3-17-32-20/h1-2,5-12,20,26H,3-4,13-18H2/b12-9+. The Balaban J connectivity index is 1.30. The quantitative estimate of drug-likeness (QED) is 0.602. The van der Waals surface area contributed by atoms with Gasteiger partial charge in [-0.05, 0) is 48.7 Å². The third kappa shape index (κ3) is 6.35. The lowest BCUT2D eigenvalue weighted by molar-refractivity contribution is -0.127. The largest absolute Gasteiger partial charge is 0.377 e. The number of para-hydroxylation sites is 1. The van der Waals surface area contributed by atoms with E-state index < -0.39 is 10.0 Å². The number of anilines is 1. The first kappa shape index (κ1) is 23.8. The molecule has 0 aliphatic carbocycles. The van der Waals surface area contributed by atoms with E-state index in [1.807, 2.05) is 4.90 Å². The lowest BCUT2D eigenvalue weighted by Crippen LogP contribution is -2.50. The summed E-state index contributed by atoms with van der Waals surface area (Å²) in [5.41, 5.74) is 1.07. The van der Waals surface area contributed by atoms with E-state index in [1.165, 1.54) is 12.1 Å². The number of piperazine rings is 1. The van der Waals surface area contributed by atoms with Crippen molar-refractivity contribution in [2.24, 2.45) is 0 Å². The predicted molar refractivity (Wildman–Crippen MR) is 130 cm³/mol. The third-order valence-electron chi connectivity index (χ3n) is 5.90.